The van der Waals surface area contributed by atoms with Crippen molar-refractivity contribution in [2.45, 2.75) is 12.5 Å². The van der Waals surface area contributed by atoms with E-state index < -0.39 is 12.1 Å². The van der Waals surface area contributed by atoms with E-state index in [-0.39, 0.29) is 16.6 Å². The molecule has 0 radical (unpaired) electrons. The van der Waals surface area contributed by atoms with Crippen molar-refractivity contribution < 1.29 is 15.0 Å². The number of rotatable bonds is 3. The number of pyridine rings is 1. The van der Waals surface area contributed by atoms with Crippen LogP contribution in [0, 0.1) is 0 Å². The predicted molar refractivity (Wildman–Crippen MR) is 51.5 cm³/mol. The van der Waals surface area contributed by atoms with Crippen LogP contribution in [-0.4, -0.2) is 21.2 Å². The Balaban J connectivity index is 2.85. The van der Waals surface area contributed by atoms with Gasteiger partial charge in [0.1, 0.15) is 5.15 Å². The first-order valence-electron chi connectivity index (χ1n) is 3.71. The van der Waals surface area contributed by atoms with Crippen LogP contribution in [0.3, 0.4) is 0 Å². The summed E-state index contributed by atoms with van der Waals surface area (Å²) >= 11 is 11.2. The maximum absolute atomic E-state index is 10.3. The number of halogens is 2. The number of aliphatic hydroxyl groups excluding tert-OH is 1. The van der Waals surface area contributed by atoms with E-state index >= 15 is 0 Å². The monoisotopic (exact) mass is 235 g/mol. The van der Waals surface area contributed by atoms with E-state index in [1.165, 1.54) is 12.3 Å². The third-order valence-corrected chi connectivity index (χ3v) is 2.26. The minimum atomic E-state index is -1.12. The van der Waals surface area contributed by atoms with Crippen LogP contribution in [0.4, 0.5) is 0 Å². The fourth-order valence-corrected chi connectivity index (χ4v) is 1.18. The van der Waals surface area contributed by atoms with Crippen molar-refractivity contribution in [1.82, 2.24) is 4.98 Å². The molecule has 0 aliphatic rings. The Hall–Kier alpha value is -0.840. The van der Waals surface area contributed by atoms with Crippen LogP contribution >= 0.6 is 23.2 Å². The summed E-state index contributed by atoms with van der Waals surface area (Å²) in [5, 5.41) is 18.1. The Morgan fingerprint density at radius 3 is 2.71 bits per heavy atom. The second-order valence-electron chi connectivity index (χ2n) is 2.65. The van der Waals surface area contributed by atoms with Crippen molar-refractivity contribution in [3.05, 3.63) is 28.0 Å². The lowest BCUT2D eigenvalue weighted by Gasteiger charge is -2.07. The first kappa shape index (κ1) is 11.2. The zero-order valence-corrected chi connectivity index (χ0v) is 8.46. The molecule has 0 saturated carbocycles. The molecule has 0 spiro atoms. The minimum absolute atomic E-state index is 0.123. The Labute approximate surface area is 90.1 Å². The van der Waals surface area contributed by atoms with E-state index in [1.807, 2.05) is 0 Å². The molecule has 1 atom stereocenters. The number of carboxylic acid groups (broad SMARTS) is 1. The van der Waals surface area contributed by atoms with Crippen LogP contribution < -0.4 is 0 Å². The van der Waals surface area contributed by atoms with Gasteiger partial charge in [-0.2, -0.15) is 0 Å². The summed E-state index contributed by atoms with van der Waals surface area (Å²) in [6.07, 6.45) is -0.212. The Morgan fingerprint density at radius 2 is 2.21 bits per heavy atom. The zero-order chi connectivity index (χ0) is 10.7. The molecular weight excluding hydrogens is 229 g/mol. The molecule has 0 amide bonds. The van der Waals surface area contributed by atoms with Crippen molar-refractivity contribution in [3.8, 4) is 0 Å². The molecule has 1 aromatic rings. The summed E-state index contributed by atoms with van der Waals surface area (Å²) < 4.78 is 0. The standard InChI is InChI=1S/C8H7Cl2NO3/c9-5-1-4(3-11-8(5)10)6(12)2-7(13)14/h1,3,6,12H,2H2,(H,13,14). The van der Waals surface area contributed by atoms with Gasteiger partial charge in [0.25, 0.3) is 0 Å². The minimum Gasteiger partial charge on any atom is -0.481 e. The van der Waals surface area contributed by atoms with Gasteiger partial charge in [-0.1, -0.05) is 23.2 Å². The molecule has 76 valence electrons. The second kappa shape index (κ2) is 4.59. The van der Waals surface area contributed by atoms with E-state index in [4.69, 9.17) is 28.3 Å². The highest BCUT2D eigenvalue weighted by molar-refractivity contribution is 6.41. The van der Waals surface area contributed by atoms with Gasteiger partial charge < -0.3 is 10.2 Å². The van der Waals surface area contributed by atoms with E-state index in [1.54, 1.807) is 0 Å². The first-order valence-corrected chi connectivity index (χ1v) is 4.47. The smallest absolute Gasteiger partial charge is 0.306 e. The van der Waals surface area contributed by atoms with Gasteiger partial charge in [-0.05, 0) is 6.07 Å². The van der Waals surface area contributed by atoms with Gasteiger partial charge in [0.05, 0.1) is 17.5 Å². The Bertz CT molecular complexity index is 356. The molecule has 2 N–H and O–H groups in total. The molecule has 0 aromatic carbocycles. The molecule has 1 unspecified atom stereocenters. The topological polar surface area (TPSA) is 70.4 Å². The van der Waals surface area contributed by atoms with Crippen molar-refractivity contribution in [2.75, 3.05) is 0 Å². The number of nitrogens with zero attached hydrogens (tertiary/aromatic N) is 1. The summed E-state index contributed by atoms with van der Waals surface area (Å²) in [6.45, 7) is 0. The number of hydrogen-bond donors (Lipinski definition) is 2. The van der Waals surface area contributed by atoms with Crippen molar-refractivity contribution in [1.29, 1.82) is 0 Å². The lowest BCUT2D eigenvalue weighted by Crippen LogP contribution is -2.05. The normalized spacial score (nSPS) is 12.5. The summed E-state index contributed by atoms with van der Waals surface area (Å²) in [5.41, 5.74) is 0.335. The highest BCUT2D eigenvalue weighted by atomic mass is 35.5. The second-order valence-corrected chi connectivity index (χ2v) is 3.42. The van der Waals surface area contributed by atoms with E-state index in [0.29, 0.717) is 5.56 Å². The molecule has 4 nitrogen and oxygen atoms in total. The lowest BCUT2D eigenvalue weighted by atomic mass is 10.1. The van der Waals surface area contributed by atoms with Crippen LogP contribution in [0.25, 0.3) is 0 Å². The van der Waals surface area contributed by atoms with Gasteiger partial charge in [0.15, 0.2) is 0 Å². The number of carboxylic acids is 1. The molecule has 14 heavy (non-hydrogen) atoms. The summed E-state index contributed by atoms with van der Waals surface area (Å²) in [7, 11) is 0. The van der Waals surface area contributed by atoms with Gasteiger partial charge in [0.2, 0.25) is 0 Å². The maximum atomic E-state index is 10.3. The molecule has 0 saturated heterocycles. The fourth-order valence-electron chi connectivity index (χ4n) is 0.902. The quantitative estimate of drug-likeness (QED) is 0.786. The Kier molecular flexibility index (Phi) is 3.69. The number of hydrogen-bond acceptors (Lipinski definition) is 3. The van der Waals surface area contributed by atoms with Crippen molar-refractivity contribution >= 4 is 29.2 Å². The number of aliphatic hydroxyl groups is 1. The van der Waals surface area contributed by atoms with E-state index in [9.17, 15) is 9.90 Å². The average Bonchev–Trinajstić information content (AvgIpc) is 2.08. The zero-order valence-electron chi connectivity index (χ0n) is 6.94. The van der Waals surface area contributed by atoms with E-state index in [0.717, 1.165) is 0 Å². The van der Waals surface area contributed by atoms with Gasteiger partial charge >= 0.3 is 5.97 Å². The molecule has 0 aliphatic carbocycles. The van der Waals surface area contributed by atoms with Gasteiger partial charge in [-0.15, -0.1) is 0 Å². The van der Waals surface area contributed by atoms with Crippen LogP contribution in [0.1, 0.15) is 18.1 Å². The first-order chi connectivity index (χ1) is 6.50. The highest BCUT2D eigenvalue weighted by Crippen LogP contribution is 2.24. The number of aliphatic carboxylic acids is 1. The molecule has 1 heterocycles. The van der Waals surface area contributed by atoms with Crippen LogP contribution in [0.2, 0.25) is 10.2 Å². The van der Waals surface area contributed by atoms with Gasteiger partial charge in [0, 0.05) is 11.8 Å². The third-order valence-electron chi connectivity index (χ3n) is 1.57. The number of carbonyl (C=O) groups is 1. The molecular formula is C8H7Cl2NO3. The van der Waals surface area contributed by atoms with Gasteiger partial charge in [-0.25, -0.2) is 4.98 Å². The van der Waals surface area contributed by atoms with Crippen molar-refractivity contribution in [3.63, 3.8) is 0 Å². The van der Waals surface area contributed by atoms with Gasteiger partial charge in [-0.3, -0.25) is 4.79 Å². The summed E-state index contributed by atoms with van der Waals surface area (Å²) in [4.78, 5) is 14.0. The molecule has 1 rings (SSSR count). The lowest BCUT2D eigenvalue weighted by molar-refractivity contribution is -0.139. The molecule has 0 bridgehead atoms. The van der Waals surface area contributed by atoms with Crippen LogP contribution in [0.5, 0.6) is 0 Å². The summed E-state index contributed by atoms with van der Waals surface area (Å²) in [5.74, 6) is -1.09. The van der Waals surface area contributed by atoms with Crippen LogP contribution in [0.15, 0.2) is 12.3 Å². The average molecular weight is 236 g/mol. The predicted octanol–water partition coefficient (Wildman–Crippen LogP) is 1.90. The van der Waals surface area contributed by atoms with E-state index in [2.05, 4.69) is 4.98 Å². The SMILES string of the molecule is O=C(O)CC(O)c1cnc(Cl)c(Cl)c1. The highest BCUT2D eigenvalue weighted by Gasteiger charge is 2.13. The number of aromatic nitrogens is 1. The molecule has 6 heteroatoms. The summed E-state index contributed by atoms with van der Waals surface area (Å²) in [6, 6.07) is 1.39. The molecule has 1 aromatic heterocycles. The largest absolute Gasteiger partial charge is 0.481 e. The third kappa shape index (κ3) is 2.83. The molecule has 0 aliphatic heterocycles. The Morgan fingerprint density at radius 1 is 1.57 bits per heavy atom. The maximum Gasteiger partial charge on any atom is 0.306 e. The van der Waals surface area contributed by atoms with Crippen LogP contribution in [-0.2, 0) is 4.79 Å². The van der Waals surface area contributed by atoms with Crippen molar-refractivity contribution in [2.24, 2.45) is 0 Å². The molecule has 0 fully saturated rings. The fraction of sp³-hybridized carbons (Fsp3) is 0.250.